The van der Waals surface area contributed by atoms with Gasteiger partial charge in [0.25, 0.3) is 0 Å². The van der Waals surface area contributed by atoms with Gasteiger partial charge in [0.15, 0.2) is 11.6 Å². The molecule has 0 saturated carbocycles. The molecule has 1 N–H and O–H groups in total. The summed E-state index contributed by atoms with van der Waals surface area (Å²) in [6, 6.07) is 7.63. The Morgan fingerprint density at radius 3 is 2.81 bits per heavy atom. The van der Waals surface area contributed by atoms with E-state index in [4.69, 9.17) is 4.74 Å². The van der Waals surface area contributed by atoms with Crippen molar-refractivity contribution >= 4 is 15.9 Å². The van der Waals surface area contributed by atoms with Crippen LogP contribution in [0.1, 0.15) is 22.7 Å². The molecule has 3 rings (SSSR count). The molecule has 1 unspecified atom stereocenters. The molecule has 0 saturated heterocycles. The van der Waals surface area contributed by atoms with E-state index in [0.29, 0.717) is 6.61 Å². The summed E-state index contributed by atoms with van der Waals surface area (Å²) in [5.41, 5.74) is 2.16. The summed E-state index contributed by atoms with van der Waals surface area (Å²) in [5.74, 6) is -0.912. The summed E-state index contributed by atoms with van der Waals surface area (Å²) >= 11 is 3.47. The first-order valence-corrected chi connectivity index (χ1v) is 7.47. The third-order valence-electron chi connectivity index (χ3n) is 3.67. The van der Waals surface area contributed by atoms with Crippen molar-refractivity contribution in [1.29, 1.82) is 0 Å². The zero-order valence-electron chi connectivity index (χ0n) is 11.4. The molecular formula is C16H14BrF2NO. The van der Waals surface area contributed by atoms with E-state index < -0.39 is 17.7 Å². The number of fused-ring (bicyclic) bond motifs is 1. The zero-order valence-corrected chi connectivity index (χ0v) is 13.0. The predicted octanol–water partition coefficient (Wildman–Crippen LogP) is 3.97. The smallest absolute Gasteiger partial charge is 0.163 e. The standard InChI is InChI=1S/C16H14BrF2NO/c1-20-15(11-3-2-4-13(18)14(11)19)12-8-10(17)7-9-5-6-21-16(9)12/h2-4,7-8,15,20H,5-6H2,1H3. The number of ether oxygens (including phenoxy) is 1. The van der Waals surface area contributed by atoms with Gasteiger partial charge in [-0.05, 0) is 30.8 Å². The van der Waals surface area contributed by atoms with Crippen LogP contribution in [0, 0.1) is 11.6 Å². The molecule has 0 bridgehead atoms. The molecule has 5 heteroatoms. The summed E-state index contributed by atoms with van der Waals surface area (Å²) in [4.78, 5) is 0. The summed E-state index contributed by atoms with van der Waals surface area (Å²) in [6.07, 6.45) is 0.823. The SMILES string of the molecule is CNC(c1cccc(F)c1F)c1cc(Br)cc2c1OCC2. The second kappa shape index (κ2) is 5.73. The van der Waals surface area contributed by atoms with Gasteiger partial charge in [-0.25, -0.2) is 8.78 Å². The fraction of sp³-hybridized carbons (Fsp3) is 0.250. The highest BCUT2D eigenvalue weighted by molar-refractivity contribution is 9.10. The van der Waals surface area contributed by atoms with Crippen molar-refractivity contribution in [2.24, 2.45) is 0 Å². The van der Waals surface area contributed by atoms with E-state index in [1.807, 2.05) is 12.1 Å². The van der Waals surface area contributed by atoms with Crippen LogP contribution in [-0.4, -0.2) is 13.7 Å². The number of benzene rings is 2. The molecule has 2 aromatic rings. The third kappa shape index (κ3) is 2.56. The van der Waals surface area contributed by atoms with Crippen LogP contribution in [0.5, 0.6) is 5.75 Å². The van der Waals surface area contributed by atoms with E-state index >= 15 is 0 Å². The van der Waals surface area contributed by atoms with E-state index in [9.17, 15) is 8.78 Å². The normalized spacial score (nSPS) is 14.7. The van der Waals surface area contributed by atoms with Gasteiger partial charge in [0, 0.05) is 22.0 Å². The molecule has 1 aliphatic heterocycles. The molecular weight excluding hydrogens is 340 g/mol. The average molecular weight is 354 g/mol. The zero-order chi connectivity index (χ0) is 15.0. The molecule has 0 radical (unpaired) electrons. The van der Waals surface area contributed by atoms with E-state index in [0.717, 1.165) is 33.8 Å². The Kier molecular flexibility index (Phi) is 3.95. The number of hydrogen-bond donors (Lipinski definition) is 1. The predicted molar refractivity (Wildman–Crippen MR) is 80.6 cm³/mol. The highest BCUT2D eigenvalue weighted by Gasteiger charge is 2.26. The second-order valence-electron chi connectivity index (χ2n) is 4.95. The van der Waals surface area contributed by atoms with Crippen LogP contribution >= 0.6 is 15.9 Å². The van der Waals surface area contributed by atoms with Gasteiger partial charge in [0.1, 0.15) is 5.75 Å². The fourth-order valence-corrected chi connectivity index (χ4v) is 3.26. The maximum atomic E-state index is 14.1. The van der Waals surface area contributed by atoms with Crippen LogP contribution in [0.25, 0.3) is 0 Å². The van der Waals surface area contributed by atoms with Crippen LogP contribution in [0.3, 0.4) is 0 Å². The topological polar surface area (TPSA) is 21.3 Å². The van der Waals surface area contributed by atoms with Gasteiger partial charge >= 0.3 is 0 Å². The molecule has 0 spiro atoms. The number of nitrogens with one attached hydrogen (secondary N) is 1. The fourth-order valence-electron chi connectivity index (χ4n) is 2.73. The Bertz CT molecular complexity index is 690. The van der Waals surface area contributed by atoms with Crippen LogP contribution in [-0.2, 0) is 6.42 Å². The maximum absolute atomic E-state index is 14.1. The molecule has 0 aromatic heterocycles. The molecule has 0 fully saturated rings. The van der Waals surface area contributed by atoms with Gasteiger partial charge in [0.2, 0.25) is 0 Å². The quantitative estimate of drug-likeness (QED) is 0.901. The Balaban J connectivity index is 2.15. The van der Waals surface area contributed by atoms with E-state index in [1.54, 1.807) is 13.1 Å². The molecule has 1 aliphatic rings. The minimum absolute atomic E-state index is 0.272. The average Bonchev–Trinajstić information content (AvgIpc) is 2.92. The highest BCUT2D eigenvalue weighted by Crippen LogP contribution is 2.39. The number of halogens is 3. The molecule has 1 atom stereocenters. The highest BCUT2D eigenvalue weighted by atomic mass is 79.9. The summed E-state index contributed by atoms with van der Waals surface area (Å²) < 4.78 is 34.2. The summed E-state index contributed by atoms with van der Waals surface area (Å²) in [5, 5.41) is 3.05. The monoisotopic (exact) mass is 353 g/mol. The van der Waals surface area contributed by atoms with Gasteiger partial charge in [0.05, 0.1) is 12.6 Å². The van der Waals surface area contributed by atoms with Crippen LogP contribution < -0.4 is 10.1 Å². The lowest BCUT2D eigenvalue weighted by atomic mass is 9.95. The molecule has 110 valence electrons. The molecule has 0 amide bonds. The number of rotatable bonds is 3. The molecule has 21 heavy (non-hydrogen) atoms. The van der Waals surface area contributed by atoms with Crippen molar-refractivity contribution in [3.63, 3.8) is 0 Å². The van der Waals surface area contributed by atoms with Gasteiger partial charge in [-0.3, -0.25) is 0 Å². The van der Waals surface area contributed by atoms with Crippen molar-refractivity contribution in [2.75, 3.05) is 13.7 Å². The summed E-state index contributed by atoms with van der Waals surface area (Å²) in [6.45, 7) is 0.612. The molecule has 1 heterocycles. The summed E-state index contributed by atoms with van der Waals surface area (Å²) in [7, 11) is 1.72. The minimum Gasteiger partial charge on any atom is -0.493 e. The van der Waals surface area contributed by atoms with Crippen LogP contribution in [0.15, 0.2) is 34.8 Å². The minimum atomic E-state index is -0.847. The van der Waals surface area contributed by atoms with Crippen LogP contribution in [0.2, 0.25) is 0 Å². The molecule has 2 aromatic carbocycles. The third-order valence-corrected chi connectivity index (χ3v) is 4.13. The second-order valence-corrected chi connectivity index (χ2v) is 5.86. The van der Waals surface area contributed by atoms with Crippen molar-refractivity contribution in [1.82, 2.24) is 5.32 Å². The lowest BCUT2D eigenvalue weighted by Crippen LogP contribution is -2.20. The molecule has 2 nitrogen and oxygen atoms in total. The van der Waals surface area contributed by atoms with Crippen LogP contribution in [0.4, 0.5) is 8.78 Å². The van der Waals surface area contributed by atoms with Gasteiger partial charge in [-0.1, -0.05) is 28.1 Å². The van der Waals surface area contributed by atoms with E-state index in [2.05, 4.69) is 21.2 Å². The van der Waals surface area contributed by atoms with Crippen molar-refractivity contribution < 1.29 is 13.5 Å². The molecule has 0 aliphatic carbocycles. The van der Waals surface area contributed by atoms with E-state index in [-0.39, 0.29) is 5.56 Å². The first kappa shape index (κ1) is 14.5. The Labute approximate surface area is 130 Å². The van der Waals surface area contributed by atoms with Gasteiger partial charge in [-0.15, -0.1) is 0 Å². The largest absolute Gasteiger partial charge is 0.493 e. The number of hydrogen-bond acceptors (Lipinski definition) is 2. The first-order valence-electron chi connectivity index (χ1n) is 6.68. The Morgan fingerprint density at radius 1 is 1.24 bits per heavy atom. The maximum Gasteiger partial charge on any atom is 0.163 e. The van der Waals surface area contributed by atoms with Gasteiger partial charge < -0.3 is 10.1 Å². The lowest BCUT2D eigenvalue weighted by Gasteiger charge is -2.21. The first-order chi connectivity index (χ1) is 10.1. The Morgan fingerprint density at radius 2 is 2.05 bits per heavy atom. The van der Waals surface area contributed by atoms with Crippen molar-refractivity contribution in [2.45, 2.75) is 12.5 Å². The van der Waals surface area contributed by atoms with E-state index in [1.165, 1.54) is 6.07 Å². The lowest BCUT2D eigenvalue weighted by molar-refractivity contribution is 0.350. The van der Waals surface area contributed by atoms with Crippen molar-refractivity contribution in [3.05, 3.63) is 63.1 Å². The van der Waals surface area contributed by atoms with Gasteiger partial charge in [-0.2, -0.15) is 0 Å². The van der Waals surface area contributed by atoms with Crippen molar-refractivity contribution in [3.8, 4) is 5.75 Å². The Hall–Kier alpha value is -1.46.